The third-order valence-corrected chi connectivity index (χ3v) is 10.6. The highest BCUT2D eigenvalue weighted by atomic mass is 15.0. The van der Waals surface area contributed by atoms with Gasteiger partial charge >= 0.3 is 0 Å². The standard InChI is InChI=1S/C49H30N4/c1-2-13-32(14-3-1)47-50-48(52-49(51-47)36-23-22-31-12-4-5-15-34(31)28-36)33-24-26-37(27-25-33)53-30-43-41-20-9-8-18-39(41)40-19-10-11-21-42(40)45-38-17-7-6-16-35(38)29-44(53)46(43)45/h1-30H. The van der Waals surface area contributed by atoms with Gasteiger partial charge in [0.25, 0.3) is 0 Å². The van der Waals surface area contributed by atoms with Crippen LogP contribution in [0.15, 0.2) is 182 Å². The molecular weight excluding hydrogens is 645 g/mol. The summed E-state index contributed by atoms with van der Waals surface area (Å²) in [7, 11) is 0. The topological polar surface area (TPSA) is 43.6 Å². The molecule has 0 fully saturated rings. The Balaban J connectivity index is 1.09. The van der Waals surface area contributed by atoms with Crippen LogP contribution in [0.4, 0.5) is 0 Å². The van der Waals surface area contributed by atoms with Crippen molar-refractivity contribution in [3.8, 4) is 73.2 Å². The van der Waals surface area contributed by atoms with Crippen LogP contribution in [0, 0.1) is 0 Å². The molecule has 4 heteroatoms. The highest BCUT2D eigenvalue weighted by Gasteiger charge is 2.26. The summed E-state index contributed by atoms with van der Waals surface area (Å²) < 4.78 is 2.35. The zero-order valence-electron chi connectivity index (χ0n) is 28.6. The Bertz CT molecular complexity index is 3050. The monoisotopic (exact) mass is 674 g/mol. The smallest absolute Gasteiger partial charge is 0.164 e. The molecule has 1 aliphatic rings. The van der Waals surface area contributed by atoms with Gasteiger partial charge in [-0.05, 0) is 80.2 Å². The van der Waals surface area contributed by atoms with Crippen LogP contribution in [0.5, 0.6) is 0 Å². The molecule has 0 aliphatic heterocycles. The van der Waals surface area contributed by atoms with Crippen molar-refractivity contribution < 1.29 is 0 Å². The third-order valence-electron chi connectivity index (χ3n) is 10.6. The summed E-state index contributed by atoms with van der Waals surface area (Å²) in [6.07, 6.45) is 2.32. The van der Waals surface area contributed by atoms with Gasteiger partial charge in [-0.1, -0.05) is 140 Å². The third kappa shape index (κ3) is 4.73. The van der Waals surface area contributed by atoms with E-state index in [-0.39, 0.29) is 0 Å². The molecule has 53 heavy (non-hydrogen) atoms. The Morgan fingerprint density at radius 1 is 0.358 bits per heavy atom. The Labute approximate surface area is 306 Å². The van der Waals surface area contributed by atoms with E-state index in [4.69, 9.17) is 15.0 Å². The average Bonchev–Trinajstić information content (AvgIpc) is 3.56. The highest BCUT2D eigenvalue weighted by molar-refractivity contribution is 6.21. The van der Waals surface area contributed by atoms with Gasteiger partial charge in [-0.3, -0.25) is 0 Å². The van der Waals surface area contributed by atoms with E-state index < -0.39 is 0 Å². The summed E-state index contributed by atoms with van der Waals surface area (Å²) in [4.78, 5) is 15.0. The first-order valence-corrected chi connectivity index (χ1v) is 17.9. The molecule has 11 rings (SSSR count). The molecule has 0 radical (unpaired) electrons. The summed E-state index contributed by atoms with van der Waals surface area (Å²) in [5.41, 5.74) is 12.6. The molecule has 0 saturated heterocycles. The molecule has 2 heterocycles. The lowest BCUT2D eigenvalue weighted by Gasteiger charge is -2.14. The Morgan fingerprint density at radius 3 is 1.62 bits per heavy atom. The van der Waals surface area contributed by atoms with Gasteiger partial charge in [0.15, 0.2) is 17.5 Å². The van der Waals surface area contributed by atoms with Crippen LogP contribution < -0.4 is 0 Å². The molecule has 0 saturated carbocycles. The molecule has 2 aromatic heterocycles. The van der Waals surface area contributed by atoms with Crippen molar-refractivity contribution in [2.75, 3.05) is 0 Å². The maximum absolute atomic E-state index is 5.06. The molecule has 0 atom stereocenters. The number of hydrogen-bond acceptors (Lipinski definition) is 3. The lowest BCUT2D eigenvalue weighted by atomic mass is 9.91. The van der Waals surface area contributed by atoms with Crippen molar-refractivity contribution in [1.29, 1.82) is 0 Å². The van der Waals surface area contributed by atoms with E-state index in [9.17, 15) is 0 Å². The highest BCUT2D eigenvalue weighted by Crippen LogP contribution is 2.51. The number of fused-ring (bicyclic) bond motifs is 8. The molecule has 0 spiro atoms. The second kappa shape index (κ2) is 11.7. The zero-order chi connectivity index (χ0) is 34.9. The SMILES string of the molecule is c1ccc(-c2nc(-c3ccc(-n4cc5c6c(c7ccccc7cc64)-c4ccccc4-c4ccccc4-5)cc3)nc(-c3ccc4ccccc4c3)n2)cc1. The molecule has 0 unspecified atom stereocenters. The number of nitrogens with zero attached hydrogens (tertiary/aromatic N) is 4. The van der Waals surface area contributed by atoms with Crippen LogP contribution in [0.25, 0.3) is 106 Å². The van der Waals surface area contributed by atoms with Crippen molar-refractivity contribution in [2.45, 2.75) is 0 Å². The Morgan fingerprint density at radius 2 is 0.887 bits per heavy atom. The van der Waals surface area contributed by atoms with E-state index >= 15 is 0 Å². The molecular formula is C49H30N4. The molecule has 0 amide bonds. The summed E-state index contributed by atoms with van der Waals surface area (Å²) >= 11 is 0. The maximum Gasteiger partial charge on any atom is 0.164 e. The first-order chi connectivity index (χ1) is 26.3. The van der Waals surface area contributed by atoms with Gasteiger partial charge in [0.05, 0.1) is 5.52 Å². The molecule has 10 aromatic rings. The Hall–Kier alpha value is -7.17. The molecule has 246 valence electrons. The van der Waals surface area contributed by atoms with Crippen molar-refractivity contribution in [3.63, 3.8) is 0 Å². The van der Waals surface area contributed by atoms with Crippen LogP contribution in [0.1, 0.15) is 0 Å². The fourth-order valence-electron chi connectivity index (χ4n) is 8.09. The van der Waals surface area contributed by atoms with Gasteiger partial charge in [-0.2, -0.15) is 0 Å². The van der Waals surface area contributed by atoms with Crippen LogP contribution >= 0.6 is 0 Å². The largest absolute Gasteiger partial charge is 0.316 e. The van der Waals surface area contributed by atoms with E-state index in [0.717, 1.165) is 27.8 Å². The molecule has 0 bridgehead atoms. The molecule has 4 nitrogen and oxygen atoms in total. The van der Waals surface area contributed by atoms with Crippen LogP contribution in [0.2, 0.25) is 0 Å². The first-order valence-electron chi connectivity index (χ1n) is 17.9. The van der Waals surface area contributed by atoms with Gasteiger partial charge in [-0.15, -0.1) is 0 Å². The van der Waals surface area contributed by atoms with Crippen LogP contribution in [0.3, 0.4) is 0 Å². The fourth-order valence-corrected chi connectivity index (χ4v) is 8.09. The van der Waals surface area contributed by atoms with Crippen LogP contribution in [-0.4, -0.2) is 19.5 Å². The van der Waals surface area contributed by atoms with Crippen molar-refractivity contribution in [1.82, 2.24) is 19.5 Å². The predicted octanol–water partition coefficient (Wildman–Crippen LogP) is 12.4. The lowest BCUT2D eigenvalue weighted by molar-refractivity contribution is 1.07. The van der Waals surface area contributed by atoms with Crippen molar-refractivity contribution in [3.05, 3.63) is 182 Å². The number of hydrogen-bond donors (Lipinski definition) is 0. The van der Waals surface area contributed by atoms with Gasteiger partial charge < -0.3 is 4.57 Å². The second-order valence-corrected chi connectivity index (χ2v) is 13.7. The lowest BCUT2D eigenvalue weighted by Crippen LogP contribution is -2.00. The number of rotatable bonds is 4. The number of benzene rings is 8. The minimum atomic E-state index is 0.639. The van der Waals surface area contributed by atoms with E-state index in [1.54, 1.807) is 0 Å². The summed E-state index contributed by atoms with van der Waals surface area (Å²) in [5, 5.41) is 6.09. The summed E-state index contributed by atoms with van der Waals surface area (Å²) in [6.45, 7) is 0. The molecule has 0 N–H and O–H groups in total. The first kappa shape index (κ1) is 29.5. The summed E-state index contributed by atoms with van der Waals surface area (Å²) in [5.74, 6) is 1.94. The van der Waals surface area contributed by atoms with Crippen molar-refractivity contribution >= 4 is 32.4 Å². The van der Waals surface area contributed by atoms with Gasteiger partial charge in [0, 0.05) is 45.1 Å². The second-order valence-electron chi connectivity index (χ2n) is 13.7. The van der Waals surface area contributed by atoms with Gasteiger partial charge in [0.1, 0.15) is 0 Å². The summed E-state index contributed by atoms with van der Waals surface area (Å²) in [6, 6.07) is 62.3. The van der Waals surface area contributed by atoms with Crippen molar-refractivity contribution in [2.24, 2.45) is 0 Å². The average molecular weight is 675 g/mol. The van der Waals surface area contributed by atoms with Gasteiger partial charge in [0.2, 0.25) is 0 Å². The van der Waals surface area contributed by atoms with E-state index in [0.29, 0.717) is 17.5 Å². The normalized spacial score (nSPS) is 11.8. The minimum Gasteiger partial charge on any atom is -0.316 e. The zero-order valence-corrected chi connectivity index (χ0v) is 28.6. The minimum absolute atomic E-state index is 0.639. The van der Waals surface area contributed by atoms with E-state index in [1.807, 2.05) is 30.3 Å². The molecule has 8 aromatic carbocycles. The maximum atomic E-state index is 5.06. The van der Waals surface area contributed by atoms with Crippen LogP contribution in [-0.2, 0) is 0 Å². The van der Waals surface area contributed by atoms with E-state index in [1.165, 1.54) is 60.4 Å². The number of aromatic nitrogens is 4. The molecule has 1 aliphatic carbocycles. The predicted molar refractivity (Wildman–Crippen MR) is 218 cm³/mol. The quantitative estimate of drug-likeness (QED) is 0.187. The van der Waals surface area contributed by atoms with Gasteiger partial charge in [-0.25, -0.2) is 15.0 Å². The van der Waals surface area contributed by atoms with E-state index in [2.05, 4.69) is 156 Å². The fraction of sp³-hybridized carbons (Fsp3) is 0. The Kier molecular flexibility index (Phi) is 6.52.